The largest absolute Gasteiger partial charge is 0.466 e. The van der Waals surface area contributed by atoms with E-state index in [4.69, 9.17) is 4.74 Å². The highest BCUT2D eigenvalue weighted by Crippen LogP contribution is 2.18. The molecule has 1 unspecified atom stereocenters. The zero-order chi connectivity index (χ0) is 15.1. The number of halogens is 3. The zero-order valence-electron chi connectivity index (χ0n) is 11.5. The van der Waals surface area contributed by atoms with E-state index in [1.165, 1.54) is 0 Å². The van der Waals surface area contributed by atoms with Crippen molar-refractivity contribution in [3.8, 4) is 5.88 Å². The van der Waals surface area contributed by atoms with E-state index >= 15 is 0 Å². The van der Waals surface area contributed by atoms with Crippen LogP contribution in [0.2, 0.25) is 0 Å². The molecule has 0 bridgehead atoms. The molecule has 1 aromatic heterocycles. The lowest BCUT2D eigenvalue weighted by molar-refractivity contribution is 0.253. The molecular weight excluding hydrogens is 271 g/mol. The Kier molecular flexibility index (Phi) is 6.02. The molecule has 0 aliphatic rings. The number of hydrogen-bond donors (Lipinski definition) is 1. The third-order valence-corrected chi connectivity index (χ3v) is 2.32. The lowest BCUT2D eigenvalue weighted by Gasteiger charge is -2.14. The van der Waals surface area contributed by atoms with Crippen molar-refractivity contribution in [1.82, 2.24) is 10.4 Å². The van der Waals surface area contributed by atoms with Gasteiger partial charge in [-0.1, -0.05) is 13.0 Å². The van der Waals surface area contributed by atoms with Crippen molar-refractivity contribution in [1.29, 1.82) is 0 Å². The molecule has 0 aliphatic carbocycles. The first-order chi connectivity index (χ1) is 9.49. The van der Waals surface area contributed by atoms with Crippen molar-refractivity contribution in [3.63, 3.8) is 0 Å². The molecule has 0 fully saturated rings. The predicted octanol–water partition coefficient (Wildman–Crippen LogP) is 2.81. The summed E-state index contributed by atoms with van der Waals surface area (Å²) < 4.78 is 44.3. The van der Waals surface area contributed by atoms with Gasteiger partial charge in [-0.2, -0.15) is 14.5 Å². The molecule has 0 aromatic carbocycles. The quantitative estimate of drug-likeness (QED) is 0.497. The van der Waals surface area contributed by atoms with Crippen molar-refractivity contribution < 1.29 is 17.9 Å². The Labute approximate surface area is 115 Å². The molecule has 0 aliphatic heterocycles. The van der Waals surface area contributed by atoms with E-state index in [0.29, 0.717) is 11.8 Å². The Morgan fingerprint density at radius 1 is 1.45 bits per heavy atom. The second-order valence-corrected chi connectivity index (χ2v) is 3.88. The fraction of sp³-hybridized carbons (Fsp3) is 0.385. The number of nitrogens with one attached hydrogen (secondary N) is 1. The van der Waals surface area contributed by atoms with Gasteiger partial charge >= 0.3 is 0 Å². The third-order valence-electron chi connectivity index (χ3n) is 2.32. The van der Waals surface area contributed by atoms with Crippen LogP contribution in [0, 0.1) is 17.6 Å². The molecule has 0 radical (unpaired) electrons. The van der Waals surface area contributed by atoms with Crippen LogP contribution in [0.3, 0.4) is 0 Å². The summed E-state index contributed by atoms with van der Waals surface area (Å²) in [4.78, 5) is 3.10. The Balaban J connectivity index is 2.93. The van der Waals surface area contributed by atoms with Gasteiger partial charge in [0, 0.05) is 13.1 Å². The highest BCUT2D eigenvalue weighted by molar-refractivity contribution is 5.98. The molecule has 1 aromatic rings. The highest BCUT2D eigenvalue weighted by Gasteiger charge is 2.17. The van der Waals surface area contributed by atoms with E-state index < -0.39 is 29.6 Å². The third kappa shape index (κ3) is 4.25. The summed E-state index contributed by atoms with van der Waals surface area (Å²) in [5.74, 6) is -4.45. The van der Waals surface area contributed by atoms with Gasteiger partial charge < -0.3 is 10.2 Å². The van der Waals surface area contributed by atoms with Crippen molar-refractivity contribution >= 4 is 5.71 Å². The minimum Gasteiger partial charge on any atom is -0.466 e. The molecule has 0 amide bonds. The number of nitrogens with zero attached hydrogens (tertiary/aromatic N) is 2. The summed E-state index contributed by atoms with van der Waals surface area (Å²) in [6.07, 6.45) is 3.63. The SMILES string of the molecule is CC/C=C\C(=N\NC)C(C)Oc1nc(F)c(F)cc1F. The molecule has 0 spiro atoms. The Bertz CT molecular complexity index is 518. The maximum Gasteiger partial charge on any atom is 0.253 e. The van der Waals surface area contributed by atoms with Gasteiger partial charge in [-0.25, -0.2) is 8.78 Å². The van der Waals surface area contributed by atoms with E-state index in [-0.39, 0.29) is 0 Å². The van der Waals surface area contributed by atoms with Gasteiger partial charge in [0.15, 0.2) is 11.6 Å². The average Bonchev–Trinajstić information content (AvgIpc) is 2.40. The van der Waals surface area contributed by atoms with Crippen LogP contribution in [0.25, 0.3) is 0 Å². The first-order valence-electron chi connectivity index (χ1n) is 6.08. The van der Waals surface area contributed by atoms with Crippen LogP contribution < -0.4 is 10.2 Å². The Morgan fingerprint density at radius 2 is 2.15 bits per heavy atom. The molecule has 0 saturated heterocycles. The summed E-state index contributed by atoms with van der Waals surface area (Å²) in [6, 6.07) is 0.390. The van der Waals surface area contributed by atoms with Gasteiger partial charge in [0.25, 0.3) is 11.8 Å². The van der Waals surface area contributed by atoms with Gasteiger partial charge in [-0.05, 0) is 19.4 Å². The van der Waals surface area contributed by atoms with Gasteiger partial charge in [0.1, 0.15) is 11.8 Å². The summed E-state index contributed by atoms with van der Waals surface area (Å²) in [6.45, 7) is 3.54. The van der Waals surface area contributed by atoms with E-state index in [1.54, 1.807) is 20.0 Å². The normalized spacial score (nSPS) is 13.6. The van der Waals surface area contributed by atoms with Crippen LogP contribution in [0.15, 0.2) is 23.3 Å². The molecule has 110 valence electrons. The molecule has 7 heteroatoms. The first-order valence-corrected chi connectivity index (χ1v) is 6.08. The standard InChI is InChI=1S/C13H16F3N3O/c1-4-5-6-11(19-17-3)8(2)20-13-10(15)7-9(14)12(16)18-13/h5-8,17H,4H2,1-3H3/b6-5-,19-11-. The number of rotatable bonds is 6. The first kappa shape index (κ1) is 16.0. The fourth-order valence-electron chi connectivity index (χ4n) is 1.37. The minimum atomic E-state index is -1.41. The monoisotopic (exact) mass is 287 g/mol. The smallest absolute Gasteiger partial charge is 0.253 e. The fourth-order valence-corrected chi connectivity index (χ4v) is 1.37. The van der Waals surface area contributed by atoms with Crippen molar-refractivity contribution in [2.75, 3.05) is 7.05 Å². The summed E-state index contributed by atoms with van der Waals surface area (Å²) in [5, 5.41) is 3.96. The number of ether oxygens (including phenoxy) is 1. The molecular formula is C13H16F3N3O. The van der Waals surface area contributed by atoms with Crippen LogP contribution in [0.5, 0.6) is 5.88 Å². The van der Waals surface area contributed by atoms with E-state index in [9.17, 15) is 13.2 Å². The van der Waals surface area contributed by atoms with Crippen molar-refractivity contribution in [2.45, 2.75) is 26.4 Å². The molecule has 1 N–H and O–H groups in total. The van der Waals surface area contributed by atoms with Crippen molar-refractivity contribution in [2.24, 2.45) is 5.10 Å². The van der Waals surface area contributed by atoms with Gasteiger partial charge in [-0.15, -0.1) is 0 Å². The average molecular weight is 287 g/mol. The Hall–Kier alpha value is -2.05. The Morgan fingerprint density at radius 3 is 2.75 bits per heavy atom. The molecule has 0 saturated carbocycles. The number of allylic oxidation sites excluding steroid dienone is 1. The van der Waals surface area contributed by atoms with Crippen LogP contribution in [0.1, 0.15) is 20.3 Å². The number of hydrogen-bond acceptors (Lipinski definition) is 4. The summed E-state index contributed by atoms with van der Waals surface area (Å²) in [5.41, 5.74) is 3.06. The van der Waals surface area contributed by atoms with Gasteiger partial charge in [0.05, 0.1) is 0 Å². The second kappa shape index (κ2) is 7.52. The second-order valence-electron chi connectivity index (χ2n) is 3.88. The van der Waals surface area contributed by atoms with Gasteiger partial charge in [-0.3, -0.25) is 0 Å². The summed E-state index contributed by atoms with van der Waals surface area (Å²) in [7, 11) is 1.60. The lowest BCUT2D eigenvalue weighted by atomic mass is 10.2. The number of hydrazone groups is 1. The van der Waals surface area contributed by atoms with E-state index in [2.05, 4.69) is 15.5 Å². The van der Waals surface area contributed by atoms with Crippen LogP contribution in [-0.2, 0) is 0 Å². The molecule has 1 heterocycles. The van der Waals surface area contributed by atoms with Crippen LogP contribution in [0.4, 0.5) is 13.2 Å². The summed E-state index contributed by atoms with van der Waals surface area (Å²) >= 11 is 0. The maximum absolute atomic E-state index is 13.4. The number of pyridine rings is 1. The predicted molar refractivity (Wildman–Crippen MR) is 70.1 cm³/mol. The van der Waals surface area contributed by atoms with Gasteiger partial charge in [0.2, 0.25) is 0 Å². The van der Waals surface area contributed by atoms with E-state index in [1.807, 2.05) is 13.0 Å². The van der Waals surface area contributed by atoms with Crippen LogP contribution in [-0.4, -0.2) is 23.8 Å². The number of aromatic nitrogens is 1. The van der Waals surface area contributed by atoms with E-state index in [0.717, 1.165) is 6.42 Å². The maximum atomic E-state index is 13.4. The molecule has 4 nitrogen and oxygen atoms in total. The lowest BCUT2D eigenvalue weighted by Crippen LogP contribution is -2.25. The molecule has 1 rings (SSSR count). The van der Waals surface area contributed by atoms with Crippen molar-refractivity contribution in [3.05, 3.63) is 35.8 Å². The topological polar surface area (TPSA) is 46.5 Å². The van der Waals surface area contributed by atoms with Crippen LogP contribution >= 0.6 is 0 Å². The highest BCUT2D eigenvalue weighted by atomic mass is 19.2. The zero-order valence-corrected chi connectivity index (χ0v) is 11.5. The minimum absolute atomic E-state index is 0.390. The molecule has 20 heavy (non-hydrogen) atoms. The molecule has 1 atom stereocenters.